The number of carbonyl (C=O) groups is 1. The van der Waals surface area contributed by atoms with Crippen molar-refractivity contribution in [2.75, 3.05) is 13.1 Å². The topological polar surface area (TPSA) is 78.9 Å². The van der Waals surface area contributed by atoms with Crippen LogP contribution in [0.5, 0.6) is 0 Å². The number of imidazole rings is 1. The number of nitrogens with one attached hydrogen (secondary N) is 3. The van der Waals surface area contributed by atoms with Crippen LogP contribution in [0.2, 0.25) is 0 Å². The van der Waals surface area contributed by atoms with Gasteiger partial charge in [0.05, 0.1) is 11.0 Å². The van der Waals surface area contributed by atoms with Crippen molar-refractivity contribution >= 4 is 17.1 Å². The highest BCUT2D eigenvalue weighted by molar-refractivity contribution is 5.75. The lowest BCUT2D eigenvalue weighted by Crippen LogP contribution is -2.36. The van der Waals surface area contributed by atoms with Gasteiger partial charge in [-0.1, -0.05) is 19.1 Å². The van der Waals surface area contributed by atoms with Crippen LogP contribution >= 0.6 is 0 Å². The molecule has 108 valence electrons. The smallest absolute Gasteiger partial charge is 0.326 e. The van der Waals surface area contributed by atoms with E-state index in [9.17, 15) is 9.59 Å². The van der Waals surface area contributed by atoms with E-state index in [4.69, 9.17) is 0 Å². The molecule has 0 bridgehead atoms. The van der Waals surface area contributed by atoms with E-state index in [0.717, 1.165) is 17.5 Å². The first-order valence-electron chi connectivity index (χ1n) is 6.91. The van der Waals surface area contributed by atoms with Crippen molar-refractivity contribution in [2.24, 2.45) is 0 Å². The molecular formula is C14H20N4O2. The number of hydrogen-bond acceptors (Lipinski definition) is 2. The number of urea groups is 1. The molecule has 2 amide bonds. The highest BCUT2D eigenvalue weighted by atomic mass is 16.2. The molecule has 20 heavy (non-hydrogen) atoms. The molecule has 0 atom stereocenters. The normalized spacial score (nSPS) is 10.7. The Hall–Kier alpha value is -2.24. The maximum absolute atomic E-state index is 11.8. The van der Waals surface area contributed by atoms with Gasteiger partial charge in [0.2, 0.25) is 0 Å². The molecule has 1 aromatic carbocycles. The second-order valence-corrected chi connectivity index (χ2v) is 4.64. The van der Waals surface area contributed by atoms with Gasteiger partial charge in [0.25, 0.3) is 0 Å². The van der Waals surface area contributed by atoms with Gasteiger partial charge in [0.15, 0.2) is 0 Å². The van der Waals surface area contributed by atoms with Gasteiger partial charge in [0.1, 0.15) is 0 Å². The first-order chi connectivity index (χ1) is 9.72. The fraction of sp³-hybridized carbons (Fsp3) is 0.429. The number of fused-ring (bicyclic) bond motifs is 1. The summed E-state index contributed by atoms with van der Waals surface area (Å²) in [7, 11) is 0. The molecule has 0 aliphatic carbocycles. The summed E-state index contributed by atoms with van der Waals surface area (Å²) in [6.07, 6.45) is 1.62. The van der Waals surface area contributed by atoms with E-state index >= 15 is 0 Å². The zero-order valence-electron chi connectivity index (χ0n) is 11.6. The zero-order chi connectivity index (χ0) is 14.4. The maximum Gasteiger partial charge on any atom is 0.326 e. The lowest BCUT2D eigenvalue weighted by molar-refractivity contribution is 0.240. The number of para-hydroxylation sites is 2. The van der Waals surface area contributed by atoms with Crippen LogP contribution in [0, 0.1) is 0 Å². The quantitative estimate of drug-likeness (QED) is 0.698. The first kappa shape index (κ1) is 14.2. The second-order valence-electron chi connectivity index (χ2n) is 4.64. The van der Waals surface area contributed by atoms with Gasteiger partial charge >= 0.3 is 11.7 Å². The summed E-state index contributed by atoms with van der Waals surface area (Å²) in [6, 6.07) is 7.43. The molecule has 2 aromatic rings. The van der Waals surface area contributed by atoms with Gasteiger partial charge < -0.3 is 15.6 Å². The van der Waals surface area contributed by atoms with E-state index in [-0.39, 0.29) is 11.7 Å². The predicted molar refractivity (Wildman–Crippen MR) is 78.9 cm³/mol. The van der Waals surface area contributed by atoms with Crippen molar-refractivity contribution in [3.63, 3.8) is 0 Å². The van der Waals surface area contributed by atoms with Crippen LogP contribution < -0.4 is 16.3 Å². The average Bonchev–Trinajstić information content (AvgIpc) is 2.77. The maximum atomic E-state index is 11.8. The SMILES string of the molecule is CCCNC(=O)NCCCn1c(=O)[nH]c2ccccc21. The van der Waals surface area contributed by atoms with Crippen molar-refractivity contribution in [1.29, 1.82) is 0 Å². The molecule has 1 heterocycles. The third kappa shape index (κ3) is 3.40. The Labute approximate surface area is 117 Å². The van der Waals surface area contributed by atoms with Crippen molar-refractivity contribution in [3.8, 4) is 0 Å². The summed E-state index contributed by atoms with van der Waals surface area (Å²) in [5.74, 6) is 0. The second kappa shape index (κ2) is 6.79. The summed E-state index contributed by atoms with van der Waals surface area (Å²) < 4.78 is 1.70. The van der Waals surface area contributed by atoms with Crippen molar-refractivity contribution in [1.82, 2.24) is 20.2 Å². The monoisotopic (exact) mass is 276 g/mol. The fourth-order valence-corrected chi connectivity index (χ4v) is 2.07. The predicted octanol–water partition coefficient (Wildman–Crippen LogP) is 1.43. The number of nitrogens with zero attached hydrogens (tertiary/aromatic N) is 1. The summed E-state index contributed by atoms with van der Waals surface area (Å²) in [5, 5.41) is 5.51. The van der Waals surface area contributed by atoms with Crippen molar-refractivity contribution < 1.29 is 4.79 Å². The Kier molecular flexibility index (Phi) is 4.81. The standard InChI is InChI=1S/C14H20N4O2/c1-2-8-15-13(19)16-9-5-10-18-12-7-4-3-6-11(12)17-14(18)20/h3-4,6-7H,2,5,8-10H2,1H3,(H,17,20)(H2,15,16,19). The van der Waals surface area contributed by atoms with E-state index < -0.39 is 0 Å². The summed E-state index contributed by atoms with van der Waals surface area (Å²) in [6.45, 7) is 3.80. The van der Waals surface area contributed by atoms with Gasteiger partial charge in [0, 0.05) is 19.6 Å². The number of benzene rings is 1. The van der Waals surface area contributed by atoms with E-state index in [1.807, 2.05) is 31.2 Å². The number of H-pyrrole nitrogens is 1. The molecule has 0 aliphatic rings. The minimum atomic E-state index is -0.155. The van der Waals surface area contributed by atoms with E-state index in [1.165, 1.54) is 0 Å². The Morgan fingerprint density at radius 3 is 2.80 bits per heavy atom. The van der Waals surface area contributed by atoms with Crippen LogP contribution in [0.1, 0.15) is 19.8 Å². The number of carbonyl (C=O) groups excluding carboxylic acids is 1. The Morgan fingerprint density at radius 1 is 1.25 bits per heavy atom. The van der Waals surface area contributed by atoms with E-state index in [0.29, 0.717) is 26.1 Å². The Bertz CT molecular complexity index is 629. The molecule has 2 rings (SSSR count). The molecule has 0 aliphatic heterocycles. The van der Waals surface area contributed by atoms with Crippen molar-refractivity contribution in [3.05, 3.63) is 34.7 Å². The first-order valence-corrected chi connectivity index (χ1v) is 6.91. The molecule has 0 radical (unpaired) electrons. The highest BCUT2D eigenvalue weighted by Gasteiger charge is 2.05. The number of aromatic nitrogens is 2. The highest BCUT2D eigenvalue weighted by Crippen LogP contribution is 2.08. The zero-order valence-corrected chi connectivity index (χ0v) is 11.6. The molecule has 3 N–H and O–H groups in total. The van der Waals surface area contributed by atoms with E-state index in [1.54, 1.807) is 4.57 Å². The molecule has 0 unspecified atom stereocenters. The number of amides is 2. The summed E-state index contributed by atoms with van der Waals surface area (Å²) >= 11 is 0. The van der Waals surface area contributed by atoms with Crippen molar-refractivity contribution in [2.45, 2.75) is 26.3 Å². The molecule has 0 spiro atoms. The molecule has 0 fully saturated rings. The van der Waals surface area contributed by atoms with Crippen LogP contribution in [-0.2, 0) is 6.54 Å². The molecular weight excluding hydrogens is 256 g/mol. The van der Waals surface area contributed by atoms with Crippen LogP contribution in [0.15, 0.2) is 29.1 Å². The molecule has 0 saturated heterocycles. The lowest BCUT2D eigenvalue weighted by Gasteiger charge is -2.07. The van der Waals surface area contributed by atoms with E-state index in [2.05, 4.69) is 15.6 Å². The third-order valence-corrected chi connectivity index (χ3v) is 3.06. The molecule has 0 saturated carbocycles. The molecule has 1 aromatic heterocycles. The Morgan fingerprint density at radius 2 is 2.00 bits per heavy atom. The largest absolute Gasteiger partial charge is 0.338 e. The number of aromatic amines is 1. The number of rotatable bonds is 6. The number of hydrogen-bond donors (Lipinski definition) is 3. The third-order valence-electron chi connectivity index (χ3n) is 3.06. The fourth-order valence-electron chi connectivity index (χ4n) is 2.07. The van der Waals surface area contributed by atoms with Crippen LogP contribution in [0.4, 0.5) is 4.79 Å². The minimum Gasteiger partial charge on any atom is -0.338 e. The number of aryl methyl sites for hydroxylation is 1. The van der Waals surface area contributed by atoms with Crippen LogP contribution in [0.3, 0.4) is 0 Å². The average molecular weight is 276 g/mol. The van der Waals surface area contributed by atoms with Gasteiger partial charge in [-0.3, -0.25) is 4.57 Å². The van der Waals surface area contributed by atoms with Gasteiger partial charge in [-0.05, 0) is 25.0 Å². The van der Waals surface area contributed by atoms with Crippen LogP contribution in [0.25, 0.3) is 11.0 Å². The minimum absolute atomic E-state index is 0.110. The van der Waals surface area contributed by atoms with Gasteiger partial charge in [-0.2, -0.15) is 0 Å². The van der Waals surface area contributed by atoms with Gasteiger partial charge in [-0.25, -0.2) is 9.59 Å². The molecule has 6 heteroatoms. The summed E-state index contributed by atoms with van der Waals surface area (Å²) in [5.41, 5.74) is 1.63. The van der Waals surface area contributed by atoms with Crippen LogP contribution in [-0.4, -0.2) is 28.7 Å². The Balaban J connectivity index is 1.86. The summed E-state index contributed by atoms with van der Waals surface area (Å²) in [4.78, 5) is 26.0. The lowest BCUT2D eigenvalue weighted by atomic mass is 10.3. The van der Waals surface area contributed by atoms with Gasteiger partial charge in [-0.15, -0.1) is 0 Å². The molecule has 6 nitrogen and oxygen atoms in total.